The van der Waals surface area contributed by atoms with E-state index < -0.39 is 6.04 Å². The molecule has 0 bridgehead atoms. The number of ether oxygens (including phenoxy) is 1. The maximum Gasteiger partial charge on any atom is 0.256 e. The Kier molecular flexibility index (Phi) is 3.23. The molecular weight excluding hydrogens is 232 g/mol. The molecule has 0 saturated heterocycles. The van der Waals surface area contributed by atoms with Gasteiger partial charge in [0.25, 0.3) is 5.91 Å². The topological polar surface area (TPSA) is 58.6 Å². The summed E-state index contributed by atoms with van der Waals surface area (Å²) in [5.74, 6) is 0.270. The summed E-state index contributed by atoms with van der Waals surface area (Å²) >= 11 is 0. The largest absolute Gasteiger partial charge is 0.497 e. The predicted octanol–water partition coefficient (Wildman–Crippen LogP) is 1.50. The average Bonchev–Trinajstić information content (AvgIpc) is 2.46. The molecule has 0 saturated carbocycles. The highest BCUT2D eigenvalue weighted by molar-refractivity contribution is 6.09. The summed E-state index contributed by atoms with van der Waals surface area (Å²) in [7, 11) is 3.19. The van der Waals surface area contributed by atoms with Crippen LogP contribution in [0, 0.1) is 0 Å². The van der Waals surface area contributed by atoms with Gasteiger partial charge in [-0.2, -0.15) is 0 Å². The molecule has 1 atom stereocenters. The number of methoxy groups -OCH3 is 1. The summed E-state index contributed by atoms with van der Waals surface area (Å²) < 4.78 is 5.10. The lowest BCUT2D eigenvalue weighted by molar-refractivity contribution is -0.120. The Balaban J connectivity index is 2.50. The number of anilines is 1. The third-order valence-electron chi connectivity index (χ3n) is 3.19. The summed E-state index contributed by atoms with van der Waals surface area (Å²) in [6.45, 7) is 1.88. The monoisotopic (exact) mass is 248 g/mol. The second-order valence-corrected chi connectivity index (χ2v) is 4.24. The first-order valence-electron chi connectivity index (χ1n) is 5.84. The van der Waals surface area contributed by atoms with Gasteiger partial charge in [0, 0.05) is 7.05 Å². The number of hydrogen-bond donors (Lipinski definition) is 1. The van der Waals surface area contributed by atoms with Crippen LogP contribution >= 0.6 is 0 Å². The highest BCUT2D eigenvalue weighted by Gasteiger charge is 2.31. The first kappa shape index (κ1) is 12.4. The number of amides is 2. The van der Waals surface area contributed by atoms with Gasteiger partial charge in [0.1, 0.15) is 11.8 Å². The summed E-state index contributed by atoms with van der Waals surface area (Å²) in [4.78, 5) is 25.8. The molecule has 1 aromatic rings. The predicted molar refractivity (Wildman–Crippen MR) is 67.8 cm³/mol. The number of fused-ring (bicyclic) bond motifs is 1. The van der Waals surface area contributed by atoms with Crippen LogP contribution in [0.25, 0.3) is 0 Å². The van der Waals surface area contributed by atoms with E-state index in [1.165, 1.54) is 4.90 Å². The van der Waals surface area contributed by atoms with E-state index in [1.807, 2.05) is 6.92 Å². The summed E-state index contributed by atoms with van der Waals surface area (Å²) in [5, 5.41) is 2.78. The Labute approximate surface area is 106 Å². The Bertz CT molecular complexity index is 499. The molecule has 0 spiro atoms. The van der Waals surface area contributed by atoms with E-state index in [0.29, 0.717) is 23.4 Å². The minimum Gasteiger partial charge on any atom is -0.497 e. The molecule has 0 aliphatic carbocycles. The minimum absolute atomic E-state index is 0.155. The van der Waals surface area contributed by atoms with Gasteiger partial charge in [-0.25, -0.2) is 0 Å². The fraction of sp³-hybridized carbons (Fsp3) is 0.385. The van der Waals surface area contributed by atoms with Gasteiger partial charge < -0.3 is 15.0 Å². The Morgan fingerprint density at radius 2 is 2.11 bits per heavy atom. The number of carbonyl (C=O) groups excluding carboxylic acids is 2. The van der Waals surface area contributed by atoms with E-state index in [0.717, 1.165) is 0 Å². The second kappa shape index (κ2) is 4.68. The lowest BCUT2D eigenvalue weighted by Crippen LogP contribution is -2.42. The third-order valence-corrected chi connectivity index (χ3v) is 3.19. The van der Waals surface area contributed by atoms with Gasteiger partial charge in [-0.05, 0) is 24.6 Å². The maximum atomic E-state index is 12.3. The SMILES string of the molecule is CC[C@@H]1C(=O)Nc2ccc(OC)cc2C(=O)N1C. The molecule has 5 nitrogen and oxygen atoms in total. The molecule has 0 aromatic heterocycles. The molecule has 0 fully saturated rings. The van der Waals surface area contributed by atoms with Crippen LogP contribution in [0.15, 0.2) is 18.2 Å². The van der Waals surface area contributed by atoms with Crippen molar-refractivity contribution in [3.63, 3.8) is 0 Å². The lowest BCUT2D eigenvalue weighted by Gasteiger charge is -2.22. The number of benzene rings is 1. The number of carbonyl (C=O) groups is 2. The van der Waals surface area contributed by atoms with E-state index in [-0.39, 0.29) is 11.8 Å². The van der Waals surface area contributed by atoms with Crippen molar-refractivity contribution in [3.05, 3.63) is 23.8 Å². The van der Waals surface area contributed by atoms with Crippen LogP contribution in [0.4, 0.5) is 5.69 Å². The number of likely N-dealkylation sites (N-methyl/N-ethyl adjacent to an activating group) is 1. The Morgan fingerprint density at radius 3 is 2.72 bits per heavy atom. The van der Waals surface area contributed by atoms with Crippen molar-refractivity contribution in [2.45, 2.75) is 19.4 Å². The maximum absolute atomic E-state index is 12.3. The molecule has 0 unspecified atom stereocenters. The standard InChI is InChI=1S/C13H16N2O3/c1-4-11-12(16)14-10-6-5-8(18-3)7-9(10)13(17)15(11)2/h5-7,11H,4H2,1-3H3,(H,14,16)/t11-/m1/s1. The van der Waals surface area contributed by atoms with Crippen molar-refractivity contribution in [2.24, 2.45) is 0 Å². The first-order chi connectivity index (χ1) is 8.58. The molecule has 5 heteroatoms. The third kappa shape index (κ3) is 1.92. The lowest BCUT2D eigenvalue weighted by atomic mass is 10.1. The summed E-state index contributed by atoms with van der Waals surface area (Å²) in [6.07, 6.45) is 0.583. The van der Waals surface area contributed by atoms with Crippen LogP contribution < -0.4 is 10.1 Å². The molecule has 18 heavy (non-hydrogen) atoms. The van der Waals surface area contributed by atoms with Crippen molar-refractivity contribution >= 4 is 17.5 Å². The van der Waals surface area contributed by atoms with Crippen molar-refractivity contribution in [1.82, 2.24) is 4.90 Å². The molecule has 1 aromatic carbocycles. The fourth-order valence-electron chi connectivity index (χ4n) is 2.12. The average molecular weight is 248 g/mol. The highest BCUT2D eigenvalue weighted by atomic mass is 16.5. The summed E-state index contributed by atoms with van der Waals surface area (Å²) in [5.41, 5.74) is 0.995. The first-order valence-corrected chi connectivity index (χ1v) is 5.84. The van der Waals surface area contributed by atoms with E-state index in [4.69, 9.17) is 4.74 Å². The molecule has 2 amide bonds. The van der Waals surface area contributed by atoms with Gasteiger partial charge >= 0.3 is 0 Å². The molecule has 1 aliphatic heterocycles. The number of hydrogen-bond acceptors (Lipinski definition) is 3. The quantitative estimate of drug-likeness (QED) is 0.862. The molecule has 0 radical (unpaired) electrons. The van der Waals surface area contributed by atoms with Crippen LogP contribution in [0.2, 0.25) is 0 Å². The van der Waals surface area contributed by atoms with Gasteiger partial charge in [0.15, 0.2) is 0 Å². The van der Waals surface area contributed by atoms with Gasteiger partial charge in [-0.1, -0.05) is 6.92 Å². The van der Waals surface area contributed by atoms with Crippen molar-refractivity contribution in [1.29, 1.82) is 0 Å². The molecule has 1 aliphatic rings. The Morgan fingerprint density at radius 1 is 1.39 bits per heavy atom. The zero-order valence-electron chi connectivity index (χ0n) is 10.7. The van der Waals surface area contributed by atoms with Crippen LogP contribution in [-0.2, 0) is 4.79 Å². The summed E-state index contributed by atoms with van der Waals surface area (Å²) in [6, 6.07) is 4.62. The van der Waals surface area contributed by atoms with E-state index in [9.17, 15) is 9.59 Å². The van der Waals surface area contributed by atoms with Gasteiger partial charge in [0.05, 0.1) is 18.4 Å². The van der Waals surface area contributed by atoms with Crippen molar-refractivity contribution < 1.29 is 14.3 Å². The molecule has 1 heterocycles. The molecule has 2 rings (SSSR count). The Hall–Kier alpha value is -2.04. The van der Waals surface area contributed by atoms with Crippen LogP contribution in [0.1, 0.15) is 23.7 Å². The number of rotatable bonds is 2. The number of nitrogens with one attached hydrogen (secondary N) is 1. The smallest absolute Gasteiger partial charge is 0.256 e. The van der Waals surface area contributed by atoms with Crippen LogP contribution in [0.3, 0.4) is 0 Å². The molecule has 96 valence electrons. The normalized spacial score (nSPS) is 19.1. The van der Waals surface area contributed by atoms with E-state index in [1.54, 1.807) is 32.4 Å². The molecular formula is C13H16N2O3. The van der Waals surface area contributed by atoms with Crippen molar-refractivity contribution in [2.75, 3.05) is 19.5 Å². The highest BCUT2D eigenvalue weighted by Crippen LogP contribution is 2.27. The fourth-order valence-corrected chi connectivity index (χ4v) is 2.12. The van der Waals surface area contributed by atoms with Crippen LogP contribution in [-0.4, -0.2) is 36.9 Å². The van der Waals surface area contributed by atoms with E-state index in [2.05, 4.69) is 5.32 Å². The van der Waals surface area contributed by atoms with Gasteiger partial charge in [-0.3, -0.25) is 9.59 Å². The van der Waals surface area contributed by atoms with Gasteiger partial charge in [0.2, 0.25) is 5.91 Å². The number of nitrogens with zero attached hydrogens (tertiary/aromatic N) is 1. The second-order valence-electron chi connectivity index (χ2n) is 4.24. The zero-order chi connectivity index (χ0) is 13.3. The molecule has 1 N–H and O–H groups in total. The van der Waals surface area contributed by atoms with Crippen LogP contribution in [0.5, 0.6) is 5.75 Å². The minimum atomic E-state index is -0.434. The zero-order valence-corrected chi connectivity index (χ0v) is 10.7. The van der Waals surface area contributed by atoms with Crippen molar-refractivity contribution in [3.8, 4) is 5.75 Å². The van der Waals surface area contributed by atoms with Gasteiger partial charge in [-0.15, -0.1) is 0 Å². The van der Waals surface area contributed by atoms with E-state index >= 15 is 0 Å².